The first-order valence-corrected chi connectivity index (χ1v) is 5.15. The fraction of sp³-hybridized carbons (Fsp3) is 0.182. The molecule has 1 aromatic carbocycles. The standard InChI is InChI=1S/C11H10BrNO/c1-7-6-13(2)11(14)10-8(7)4-3-5-9(10)12/h3-6H,1-2H3. The smallest absolute Gasteiger partial charge is 0.259 e. The van der Waals surface area contributed by atoms with Gasteiger partial charge >= 0.3 is 0 Å². The molecule has 0 spiro atoms. The maximum absolute atomic E-state index is 11.8. The quantitative estimate of drug-likeness (QED) is 0.706. The summed E-state index contributed by atoms with van der Waals surface area (Å²) in [7, 11) is 1.77. The van der Waals surface area contributed by atoms with E-state index in [0.29, 0.717) is 0 Å². The molecule has 3 heteroatoms. The van der Waals surface area contributed by atoms with Crippen molar-refractivity contribution in [1.82, 2.24) is 4.57 Å². The van der Waals surface area contributed by atoms with Crippen LogP contribution in [0.25, 0.3) is 10.8 Å². The lowest BCUT2D eigenvalue weighted by Gasteiger charge is -2.06. The molecule has 72 valence electrons. The molecule has 2 aromatic rings. The molecule has 0 radical (unpaired) electrons. The molecule has 0 aliphatic heterocycles. The molecular formula is C11H10BrNO. The van der Waals surface area contributed by atoms with Crippen molar-refractivity contribution in [2.45, 2.75) is 6.92 Å². The number of aryl methyl sites for hydroxylation is 2. The van der Waals surface area contributed by atoms with Gasteiger partial charge in [0.25, 0.3) is 5.56 Å². The summed E-state index contributed by atoms with van der Waals surface area (Å²) in [6.45, 7) is 2.01. The van der Waals surface area contributed by atoms with Crippen LogP contribution in [-0.2, 0) is 7.05 Å². The molecule has 0 atom stereocenters. The number of rotatable bonds is 0. The van der Waals surface area contributed by atoms with Crippen LogP contribution < -0.4 is 5.56 Å². The lowest BCUT2D eigenvalue weighted by Crippen LogP contribution is -2.17. The minimum atomic E-state index is 0.0399. The maximum atomic E-state index is 11.8. The highest BCUT2D eigenvalue weighted by Crippen LogP contribution is 2.22. The molecule has 2 nitrogen and oxygen atoms in total. The molecule has 0 bridgehead atoms. The third kappa shape index (κ3) is 1.28. The van der Waals surface area contributed by atoms with Gasteiger partial charge in [-0.15, -0.1) is 0 Å². The highest BCUT2D eigenvalue weighted by Gasteiger charge is 2.06. The molecule has 0 aliphatic rings. The summed E-state index contributed by atoms with van der Waals surface area (Å²) in [5.74, 6) is 0. The van der Waals surface area contributed by atoms with E-state index in [2.05, 4.69) is 15.9 Å². The van der Waals surface area contributed by atoms with Crippen molar-refractivity contribution in [2.75, 3.05) is 0 Å². The largest absolute Gasteiger partial charge is 0.318 e. The van der Waals surface area contributed by atoms with Crippen LogP contribution in [-0.4, -0.2) is 4.57 Å². The van der Waals surface area contributed by atoms with E-state index >= 15 is 0 Å². The summed E-state index contributed by atoms with van der Waals surface area (Å²) in [5, 5.41) is 1.78. The van der Waals surface area contributed by atoms with Crippen LogP contribution in [0.4, 0.5) is 0 Å². The van der Waals surface area contributed by atoms with Crippen LogP contribution >= 0.6 is 15.9 Å². The van der Waals surface area contributed by atoms with E-state index in [0.717, 1.165) is 20.8 Å². The molecular weight excluding hydrogens is 242 g/mol. The normalized spacial score (nSPS) is 10.8. The molecule has 2 rings (SSSR count). The highest BCUT2D eigenvalue weighted by molar-refractivity contribution is 9.10. The maximum Gasteiger partial charge on any atom is 0.259 e. The van der Waals surface area contributed by atoms with E-state index in [1.807, 2.05) is 31.3 Å². The Labute approximate surface area is 90.3 Å². The number of hydrogen-bond acceptors (Lipinski definition) is 1. The Hall–Kier alpha value is -1.09. The van der Waals surface area contributed by atoms with Crippen molar-refractivity contribution < 1.29 is 0 Å². The molecule has 14 heavy (non-hydrogen) atoms. The number of nitrogens with zero attached hydrogens (tertiary/aromatic N) is 1. The van der Waals surface area contributed by atoms with Gasteiger partial charge < -0.3 is 4.57 Å². The fourth-order valence-electron chi connectivity index (χ4n) is 1.67. The monoisotopic (exact) mass is 251 g/mol. The van der Waals surface area contributed by atoms with Gasteiger partial charge in [0.05, 0.1) is 5.39 Å². The molecule has 1 aromatic heterocycles. The van der Waals surface area contributed by atoms with E-state index in [1.54, 1.807) is 11.6 Å². The summed E-state index contributed by atoms with van der Waals surface area (Å²) < 4.78 is 2.47. The van der Waals surface area contributed by atoms with Crippen molar-refractivity contribution in [3.8, 4) is 0 Å². The van der Waals surface area contributed by atoms with Gasteiger partial charge in [0, 0.05) is 17.7 Å². The second kappa shape index (κ2) is 3.24. The van der Waals surface area contributed by atoms with Gasteiger partial charge in [-0.2, -0.15) is 0 Å². The summed E-state index contributed by atoms with van der Waals surface area (Å²) in [4.78, 5) is 11.8. The Balaban J connectivity index is 3.11. The Bertz CT molecular complexity index is 557. The molecule has 0 unspecified atom stereocenters. The minimum Gasteiger partial charge on any atom is -0.318 e. The van der Waals surface area contributed by atoms with Crippen molar-refractivity contribution in [1.29, 1.82) is 0 Å². The molecule has 0 N–H and O–H groups in total. The van der Waals surface area contributed by atoms with Gasteiger partial charge in [-0.3, -0.25) is 4.79 Å². The van der Waals surface area contributed by atoms with Crippen molar-refractivity contribution in [2.24, 2.45) is 7.05 Å². The number of hydrogen-bond donors (Lipinski definition) is 0. The van der Waals surface area contributed by atoms with E-state index in [9.17, 15) is 4.79 Å². The number of fused-ring (bicyclic) bond motifs is 1. The van der Waals surface area contributed by atoms with E-state index < -0.39 is 0 Å². The Morgan fingerprint density at radius 3 is 2.79 bits per heavy atom. The molecule has 0 aliphatic carbocycles. The number of halogens is 1. The van der Waals surface area contributed by atoms with Crippen LogP contribution in [0.2, 0.25) is 0 Å². The molecule has 0 saturated heterocycles. The number of pyridine rings is 1. The lowest BCUT2D eigenvalue weighted by atomic mass is 10.1. The predicted octanol–water partition coefficient (Wildman–Crippen LogP) is 2.61. The molecule has 0 saturated carbocycles. The van der Waals surface area contributed by atoms with Crippen LogP contribution in [0, 0.1) is 6.92 Å². The third-order valence-electron chi connectivity index (χ3n) is 2.36. The third-order valence-corrected chi connectivity index (χ3v) is 3.02. The van der Waals surface area contributed by atoms with Crippen LogP contribution in [0.15, 0.2) is 33.7 Å². The van der Waals surface area contributed by atoms with E-state index in [4.69, 9.17) is 0 Å². The highest BCUT2D eigenvalue weighted by atomic mass is 79.9. The van der Waals surface area contributed by atoms with Crippen LogP contribution in [0.1, 0.15) is 5.56 Å². The zero-order valence-electron chi connectivity index (χ0n) is 8.04. The second-order valence-corrected chi connectivity index (χ2v) is 4.24. The summed E-state index contributed by atoms with van der Waals surface area (Å²) in [6, 6.07) is 5.80. The Morgan fingerprint density at radius 1 is 1.36 bits per heavy atom. The van der Waals surface area contributed by atoms with Gasteiger partial charge in [0.15, 0.2) is 0 Å². The van der Waals surface area contributed by atoms with E-state index in [-0.39, 0.29) is 5.56 Å². The first-order valence-electron chi connectivity index (χ1n) is 4.35. The Kier molecular flexibility index (Phi) is 2.19. The van der Waals surface area contributed by atoms with Crippen molar-refractivity contribution in [3.05, 3.63) is 44.8 Å². The van der Waals surface area contributed by atoms with E-state index in [1.165, 1.54) is 0 Å². The number of aromatic nitrogens is 1. The van der Waals surface area contributed by atoms with Gasteiger partial charge in [0.2, 0.25) is 0 Å². The molecule has 0 amide bonds. The van der Waals surface area contributed by atoms with Gasteiger partial charge in [-0.25, -0.2) is 0 Å². The topological polar surface area (TPSA) is 22.0 Å². The predicted molar refractivity (Wildman–Crippen MR) is 61.6 cm³/mol. The van der Waals surface area contributed by atoms with Gasteiger partial charge in [0.1, 0.15) is 0 Å². The SMILES string of the molecule is Cc1cn(C)c(=O)c2c(Br)cccc12. The fourth-order valence-corrected chi connectivity index (χ4v) is 2.20. The Morgan fingerprint density at radius 2 is 2.07 bits per heavy atom. The summed E-state index contributed by atoms with van der Waals surface area (Å²) in [6.07, 6.45) is 1.86. The zero-order chi connectivity index (χ0) is 10.3. The summed E-state index contributed by atoms with van der Waals surface area (Å²) >= 11 is 3.40. The summed E-state index contributed by atoms with van der Waals surface area (Å²) in [5.41, 5.74) is 1.15. The minimum absolute atomic E-state index is 0.0399. The van der Waals surface area contributed by atoms with Gasteiger partial charge in [-0.05, 0) is 39.9 Å². The first-order chi connectivity index (χ1) is 6.61. The number of benzene rings is 1. The van der Waals surface area contributed by atoms with Crippen LogP contribution in [0.3, 0.4) is 0 Å². The average molecular weight is 252 g/mol. The van der Waals surface area contributed by atoms with Crippen molar-refractivity contribution in [3.63, 3.8) is 0 Å². The lowest BCUT2D eigenvalue weighted by molar-refractivity contribution is 0.865. The molecule has 1 heterocycles. The zero-order valence-corrected chi connectivity index (χ0v) is 9.63. The van der Waals surface area contributed by atoms with Gasteiger partial charge in [-0.1, -0.05) is 12.1 Å². The molecule has 0 fully saturated rings. The second-order valence-electron chi connectivity index (χ2n) is 3.39. The first kappa shape index (κ1) is 9.46. The van der Waals surface area contributed by atoms with Crippen molar-refractivity contribution >= 4 is 26.7 Å². The average Bonchev–Trinajstić information content (AvgIpc) is 2.14. The van der Waals surface area contributed by atoms with Crippen LogP contribution in [0.5, 0.6) is 0 Å².